The molecule has 4 aliphatic rings. The van der Waals surface area contributed by atoms with Crippen LogP contribution in [0.25, 0.3) is 5.57 Å². The first-order valence-corrected chi connectivity index (χ1v) is 12.2. The minimum atomic E-state index is -4.71. The molecule has 4 aliphatic carbocycles. The van der Waals surface area contributed by atoms with Gasteiger partial charge in [-0.2, -0.15) is 0 Å². The second kappa shape index (κ2) is 8.37. The Morgan fingerprint density at radius 3 is 2.71 bits per heavy atom. The number of hydrogen-bond donors (Lipinski definition) is 0. The van der Waals surface area contributed by atoms with Crippen molar-refractivity contribution < 1.29 is 52.2 Å². The average molecular weight is 456 g/mol. The van der Waals surface area contributed by atoms with Gasteiger partial charge in [0, 0.05) is 12.3 Å². The van der Waals surface area contributed by atoms with Crippen molar-refractivity contribution in [3.8, 4) is 0 Å². The summed E-state index contributed by atoms with van der Waals surface area (Å²) in [6, 6.07) is -0.311. The van der Waals surface area contributed by atoms with Gasteiger partial charge in [-0.1, -0.05) is 37.6 Å². The van der Waals surface area contributed by atoms with Gasteiger partial charge in [0.1, 0.15) is 0 Å². The first kappa shape index (κ1) is 18.9. The minimum Gasteiger partial charge on any atom is -0.726 e. The third-order valence-electron chi connectivity index (χ3n) is 8.63. The summed E-state index contributed by atoms with van der Waals surface area (Å²) in [7, 11) is -4.71. The van der Waals surface area contributed by atoms with E-state index >= 15 is 0 Å². The average Bonchev–Trinajstić information content (AvgIpc) is 3.08. The molecule has 162 valence electrons. The van der Waals surface area contributed by atoms with Gasteiger partial charge in [0.05, 0.1) is 11.6 Å². The van der Waals surface area contributed by atoms with Crippen molar-refractivity contribution in [2.75, 3.05) is 0 Å². The summed E-state index contributed by atoms with van der Waals surface area (Å²) in [4.78, 5) is 3.92. The molecule has 0 saturated heterocycles. The van der Waals surface area contributed by atoms with Crippen molar-refractivity contribution in [1.82, 2.24) is 4.98 Å². The molecule has 0 aromatic carbocycles. The van der Waals surface area contributed by atoms with E-state index in [1.807, 2.05) is 0 Å². The molecule has 2 fully saturated rings. The molecule has 0 N–H and O–H groups in total. The number of allylic oxidation sites excluding steroid dienone is 3. The minimum absolute atomic E-state index is 0. The van der Waals surface area contributed by atoms with Crippen LogP contribution in [-0.2, 0) is 14.6 Å². The molecular formula is C24H30NNaO4S. The largest absolute Gasteiger partial charge is 1.00 e. The van der Waals surface area contributed by atoms with Crippen molar-refractivity contribution in [2.45, 2.75) is 64.9 Å². The maximum atomic E-state index is 11.1. The second-order valence-corrected chi connectivity index (χ2v) is 10.9. The number of aromatic nitrogens is 1. The van der Waals surface area contributed by atoms with Gasteiger partial charge in [-0.3, -0.25) is 9.17 Å². The Labute approximate surface area is 213 Å². The Morgan fingerprint density at radius 1 is 1.16 bits per heavy atom. The fourth-order valence-electron chi connectivity index (χ4n) is 7.19. The number of nitrogens with zero attached hydrogens (tertiary/aromatic N) is 1. The van der Waals surface area contributed by atoms with Crippen molar-refractivity contribution in [3.05, 3.63) is 47.7 Å². The van der Waals surface area contributed by atoms with Crippen LogP contribution in [0.5, 0.6) is 0 Å². The monoisotopic (exact) mass is 455 g/mol. The molecule has 1 aromatic rings. The van der Waals surface area contributed by atoms with E-state index in [1.54, 1.807) is 0 Å². The molecule has 5 nitrogen and oxygen atoms in total. The molecule has 6 atom stereocenters. The summed E-state index contributed by atoms with van der Waals surface area (Å²) in [5.74, 6) is 1.20. The first-order valence-electron chi connectivity index (χ1n) is 12.8. The van der Waals surface area contributed by atoms with Crippen LogP contribution in [0.15, 0.2) is 42.2 Å². The van der Waals surface area contributed by atoms with E-state index in [4.69, 9.17) is 9.67 Å². The van der Waals surface area contributed by atoms with Crippen LogP contribution in [-0.4, -0.2) is 24.1 Å². The Hall–Kier alpha value is -0.500. The van der Waals surface area contributed by atoms with E-state index in [2.05, 4.69) is 31.0 Å². The van der Waals surface area contributed by atoms with Crippen molar-refractivity contribution in [3.63, 3.8) is 0 Å². The predicted molar refractivity (Wildman–Crippen MR) is 114 cm³/mol. The number of hydrogen-bond acceptors (Lipinski definition) is 5. The summed E-state index contributed by atoms with van der Waals surface area (Å²) in [6.45, 7) is 4.49. The molecule has 1 heterocycles. The molecule has 31 heavy (non-hydrogen) atoms. The molecule has 2 saturated carbocycles. The first-order chi connectivity index (χ1) is 15.8. The van der Waals surface area contributed by atoms with Crippen LogP contribution in [0.2, 0.25) is 0 Å². The quantitative estimate of drug-likeness (QED) is 0.301. The van der Waals surface area contributed by atoms with E-state index in [0.29, 0.717) is 36.2 Å². The van der Waals surface area contributed by atoms with Gasteiger partial charge in [0.15, 0.2) is 0 Å². The van der Waals surface area contributed by atoms with Crippen LogP contribution in [0, 0.1) is 28.6 Å². The zero-order valence-corrected chi connectivity index (χ0v) is 21.2. The predicted octanol–water partition coefficient (Wildman–Crippen LogP) is 1.89. The molecule has 0 spiro atoms. The van der Waals surface area contributed by atoms with Crippen LogP contribution >= 0.6 is 0 Å². The van der Waals surface area contributed by atoms with Gasteiger partial charge in [-0.15, -0.1) is 0 Å². The van der Waals surface area contributed by atoms with Gasteiger partial charge >= 0.3 is 29.6 Å². The molecular weight excluding hydrogens is 421 g/mol. The SMILES string of the molecule is [2H]c1nc([2H])c(C2=CC[C@H]3[C@@H]4CC=C5C[C@@H](OS(=O)(=O)[O-])CC[C@]5(C)[C@H]4CC[C@]23C)c([2H])c1[2H].[Na+]. The normalized spacial score (nSPS) is 41.1. The van der Waals surface area contributed by atoms with Gasteiger partial charge in [-0.25, -0.2) is 8.42 Å². The van der Waals surface area contributed by atoms with Crippen LogP contribution in [0.1, 0.15) is 69.8 Å². The fourth-order valence-corrected chi connectivity index (χ4v) is 7.69. The van der Waals surface area contributed by atoms with Crippen LogP contribution in [0.3, 0.4) is 0 Å². The fraction of sp³-hybridized carbons (Fsp3) is 0.625. The molecule has 0 amide bonds. The Bertz CT molecular complexity index is 1220. The molecule has 0 bridgehead atoms. The Kier molecular flexibility index (Phi) is 5.10. The van der Waals surface area contributed by atoms with Crippen molar-refractivity contribution in [1.29, 1.82) is 0 Å². The summed E-state index contributed by atoms with van der Waals surface area (Å²) < 4.78 is 70.8. The van der Waals surface area contributed by atoms with E-state index in [-0.39, 0.29) is 64.8 Å². The smallest absolute Gasteiger partial charge is 0.726 e. The molecule has 0 radical (unpaired) electrons. The molecule has 0 unspecified atom stereocenters. The number of fused-ring (bicyclic) bond motifs is 5. The van der Waals surface area contributed by atoms with Crippen LogP contribution in [0.4, 0.5) is 0 Å². The molecule has 0 aliphatic heterocycles. The van der Waals surface area contributed by atoms with Crippen LogP contribution < -0.4 is 29.6 Å². The van der Waals surface area contributed by atoms with Gasteiger partial charge < -0.3 is 4.55 Å². The Balaban J connectivity index is 0.00000289. The van der Waals surface area contributed by atoms with E-state index in [0.717, 1.165) is 37.7 Å². The molecule has 7 heteroatoms. The Morgan fingerprint density at radius 2 is 1.94 bits per heavy atom. The van der Waals surface area contributed by atoms with Crippen molar-refractivity contribution in [2.24, 2.45) is 28.6 Å². The third kappa shape index (κ3) is 4.02. The third-order valence-corrected chi connectivity index (χ3v) is 9.14. The van der Waals surface area contributed by atoms with E-state index in [9.17, 15) is 13.0 Å². The van der Waals surface area contributed by atoms with E-state index in [1.165, 1.54) is 5.57 Å². The maximum Gasteiger partial charge on any atom is 1.00 e. The summed E-state index contributed by atoms with van der Waals surface area (Å²) in [5, 5.41) is 0. The molecule has 5 rings (SSSR count). The van der Waals surface area contributed by atoms with Gasteiger partial charge in [0.25, 0.3) is 0 Å². The van der Waals surface area contributed by atoms with E-state index < -0.39 is 16.5 Å². The number of pyridine rings is 1. The second-order valence-electron chi connectivity index (χ2n) is 9.90. The van der Waals surface area contributed by atoms with Gasteiger partial charge in [0.2, 0.25) is 10.4 Å². The zero-order chi connectivity index (χ0) is 24.6. The summed E-state index contributed by atoms with van der Waals surface area (Å²) >= 11 is 0. The summed E-state index contributed by atoms with van der Waals surface area (Å²) in [6.07, 6.45) is 8.79. The number of rotatable bonds is 3. The van der Waals surface area contributed by atoms with Crippen molar-refractivity contribution >= 4 is 16.0 Å². The standard InChI is InChI=1S/C24H31NO4S.Na/c1-23-11-9-18(29-30(26,27)28)14-17(23)5-6-19-21-8-7-20(16-4-3-13-25-15-16)24(21,2)12-10-22(19)23;/h3-5,7,13,15,18-19,21-22H,6,8-12,14H2,1-2H3,(H,26,27,28);/q;+1/p-1/t18-,19-,21-,22-,23-,24+;/m0./s1/i3D,4D,13D,15D;. The zero-order valence-electron chi connectivity index (χ0n) is 22.4. The molecule has 1 aromatic heterocycles. The topological polar surface area (TPSA) is 79.3 Å². The summed E-state index contributed by atoms with van der Waals surface area (Å²) in [5.41, 5.74) is 2.27. The van der Waals surface area contributed by atoms with Gasteiger partial charge in [-0.05, 0) is 90.7 Å². The maximum absolute atomic E-state index is 11.1.